The van der Waals surface area contributed by atoms with Crippen LogP contribution in [0.2, 0.25) is 5.02 Å². The van der Waals surface area contributed by atoms with Gasteiger partial charge in [0.25, 0.3) is 0 Å². The van der Waals surface area contributed by atoms with Crippen molar-refractivity contribution in [2.45, 2.75) is 18.6 Å². The summed E-state index contributed by atoms with van der Waals surface area (Å²) in [6.07, 6.45) is 0.846. The molecule has 2 nitrogen and oxygen atoms in total. The van der Waals surface area contributed by atoms with Gasteiger partial charge in [-0.2, -0.15) is 0 Å². The van der Waals surface area contributed by atoms with E-state index < -0.39 is 0 Å². The Labute approximate surface area is 110 Å². The predicted molar refractivity (Wildman–Crippen MR) is 74.1 cm³/mol. The minimum atomic E-state index is 0.0337. The first-order valence-electron chi connectivity index (χ1n) is 5.56. The van der Waals surface area contributed by atoms with E-state index in [0.29, 0.717) is 5.02 Å². The summed E-state index contributed by atoms with van der Waals surface area (Å²) in [7, 11) is 1.85. The summed E-state index contributed by atoms with van der Waals surface area (Å²) in [6.45, 7) is 2.03. The van der Waals surface area contributed by atoms with Crippen molar-refractivity contribution in [3.63, 3.8) is 0 Å². The molecule has 1 aromatic rings. The lowest BCUT2D eigenvalue weighted by molar-refractivity contribution is -0.113. The molecule has 0 spiro atoms. The number of allylic oxidation sites excluding steroid dienone is 1. The van der Waals surface area contributed by atoms with E-state index >= 15 is 0 Å². The molecule has 0 aliphatic carbocycles. The summed E-state index contributed by atoms with van der Waals surface area (Å²) in [4.78, 5) is 12.3. The minimum Gasteiger partial charge on any atom is -0.382 e. The van der Waals surface area contributed by atoms with Crippen LogP contribution in [0.1, 0.15) is 18.9 Å². The number of benzene rings is 1. The number of hydrogen-bond donors (Lipinski definition) is 1. The largest absolute Gasteiger partial charge is 0.382 e. The highest BCUT2D eigenvalue weighted by molar-refractivity contribution is 8.05. The topological polar surface area (TPSA) is 29.1 Å². The van der Waals surface area contributed by atoms with E-state index in [4.69, 9.17) is 11.6 Å². The number of halogens is 1. The van der Waals surface area contributed by atoms with Crippen molar-refractivity contribution in [1.29, 1.82) is 0 Å². The number of carbonyl (C=O) groups excluding carboxylic acids is 1. The highest BCUT2D eigenvalue weighted by atomic mass is 35.5. The van der Waals surface area contributed by atoms with Gasteiger partial charge in [0.2, 0.25) is 0 Å². The lowest BCUT2D eigenvalue weighted by atomic mass is 10.00. The Balaban J connectivity index is 2.45. The van der Waals surface area contributed by atoms with Gasteiger partial charge in [-0.25, -0.2) is 0 Å². The highest BCUT2D eigenvalue weighted by Crippen LogP contribution is 2.40. The average Bonchev–Trinajstić information content (AvgIpc) is 2.65. The van der Waals surface area contributed by atoms with E-state index in [1.165, 1.54) is 0 Å². The molecule has 17 heavy (non-hydrogen) atoms. The van der Waals surface area contributed by atoms with Crippen LogP contribution in [0.3, 0.4) is 0 Å². The van der Waals surface area contributed by atoms with Crippen molar-refractivity contribution >= 4 is 34.7 Å². The number of rotatable bonds is 3. The smallest absolute Gasteiger partial charge is 0.179 e. The summed E-state index contributed by atoms with van der Waals surface area (Å²) >= 11 is 7.57. The molecule has 0 amide bonds. The van der Waals surface area contributed by atoms with E-state index in [0.717, 1.165) is 22.6 Å². The lowest BCUT2D eigenvalue weighted by Gasteiger charge is -2.05. The van der Waals surface area contributed by atoms with Gasteiger partial charge in [0.15, 0.2) is 5.78 Å². The predicted octanol–water partition coefficient (Wildman–Crippen LogP) is 3.32. The number of nitrogens with one attached hydrogen (secondary N) is 1. The fourth-order valence-electron chi connectivity index (χ4n) is 1.90. The Kier molecular flexibility index (Phi) is 3.79. The van der Waals surface area contributed by atoms with Gasteiger partial charge in [-0.3, -0.25) is 4.79 Å². The van der Waals surface area contributed by atoms with Gasteiger partial charge >= 0.3 is 0 Å². The van der Waals surface area contributed by atoms with Gasteiger partial charge in [-0.05, 0) is 24.1 Å². The number of thioether (sulfide) groups is 1. The molecule has 1 atom stereocenters. The minimum absolute atomic E-state index is 0.0337. The third-order valence-corrected chi connectivity index (χ3v) is 4.45. The third-order valence-electron chi connectivity index (χ3n) is 2.74. The Morgan fingerprint density at radius 2 is 2.24 bits per heavy atom. The maximum Gasteiger partial charge on any atom is 0.179 e. The molecule has 0 fully saturated rings. The number of Topliss-reactive ketones (excluding diaryl/α,β-unsaturated/α-hetero) is 1. The molecule has 1 unspecified atom stereocenters. The van der Waals surface area contributed by atoms with Crippen molar-refractivity contribution in [2.75, 3.05) is 7.05 Å². The number of carbonyl (C=O) groups is 1. The van der Waals surface area contributed by atoms with Crippen LogP contribution >= 0.6 is 23.4 Å². The van der Waals surface area contributed by atoms with Crippen molar-refractivity contribution in [3.8, 4) is 0 Å². The molecule has 1 aliphatic rings. The van der Waals surface area contributed by atoms with Crippen LogP contribution in [0.5, 0.6) is 0 Å². The summed E-state index contributed by atoms with van der Waals surface area (Å²) < 4.78 is 0. The van der Waals surface area contributed by atoms with Crippen LogP contribution in [0.25, 0.3) is 5.57 Å². The van der Waals surface area contributed by atoms with Crippen LogP contribution in [-0.4, -0.2) is 18.1 Å². The second-order valence-electron chi connectivity index (χ2n) is 3.84. The molecular formula is C13H14ClNOS. The second-order valence-corrected chi connectivity index (χ2v) is 5.49. The summed E-state index contributed by atoms with van der Waals surface area (Å²) in [5.74, 6) is 0.198. The van der Waals surface area contributed by atoms with Gasteiger partial charge in [-0.1, -0.05) is 42.4 Å². The zero-order valence-corrected chi connectivity index (χ0v) is 11.4. The number of hydrogen-bond acceptors (Lipinski definition) is 3. The maximum atomic E-state index is 12.3. The molecule has 4 heteroatoms. The number of ketones is 1. The van der Waals surface area contributed by atoms with Crippen molar-refractivity contribution in [3.05, 3.63) is 39.9 Å². The SMILES string of the molecule is CCC1SC(NC)=C(c2cccc(Cl)c2)C1=O. The third kappa shape index (κ3) is 2.35. The molecule has 1 aliphatic heterocycles. The maximum absolute atomic E-state index is 12.3. The summed E-state index contributed by atoms with van der Waals surface area (Å²) in [6, 6.07) is 7.45. The van der Waals surface area contributed by atoms with Crippen LogP contribution in [0.15, 0.2) is 29.3 Å². The summed E-state index contributed by atoms with van der Waals surface area (Å²) in [5.41, 5.74) is 1.67. The molecule has 0 radical (unpaired) electrons. The first-order chi connectivity index (χ1) is 8.17. The highest BCUT2D eigenvalue weighted by Gasteiger charge is 2.33. The van der Waals surface area contributed by atoms with Gasteiger partial charge in [0, 0.05) is 12.1 Å². The molecule has 1 aromatic carbocycles. The van der Waals surface area contributed by atoms with E-state index in [1.54, 1.807) is 11.8 Å². The Morgan fingerprint density at radius 1 is 1.47 bits per heavy atom. The van der Waals surface area contributed by atoms with E-state index in [2.05, 4.69) is 5.32 Å². The zero-order valence-electron chi connectivity index (χ0n) is 9.79. The molecule has 2 rings (SSSR count). The zero-order chi connectivity index (χ0) is 12.4. The molecule has 0 bridgehead atoms. The van der Waals surface area contributed by atoms with Crippen LogP contribution in [0.4, 0.5) is 0 Å². The molecule has 0 saturated heterocycles. The van der Waals surface area contributed by atoms with Crippen LogP contribution < -0.4 is 5.32 Å². The quantitative estimate of drug-likeness (QED) is 0.911. The monoisotopic (exact) mass is 267 g/mol. The molecule has 90 valence electrons. The van der Waals surface area contributed by atoms with Crippen LogP contribution in [-0.2, 0) is 4.79 Å². The first kappa shape index (κ1) is 12.5. The molecule has 0 saturated carbocycles. The first-order valence-corrected chi connectivity index (χ1v) is 6.82. The normalized spacial score (nSPS) is 19.9. The molecule has 1 N–H and O–H groups in total. The fraction of sp³-hybridized carbons (Fsp3) is 0.308. The fourth-order valence-corrected chi connectivity index (χ4v) is 3.22. The van der Waals surface area contributed by atoms with Gasteiger partial charge in [0.1, 0.15) is 0 Å². The molecular weight excluding hydrogens is 254 g/mol. The Hall–Kier alpha value is -0.930. The average molecular weight is 268 g/mol. The van der Waals surface area contributed by atoms with Gasteiger partial charge in [0.05, 0.1) is 15.9 Å². The summed E-state index contributed by atoms with van der Waals surface area (Å²) in [5, 5.41) is 4.74. The second kappa shape index (κ2) is 5.15. The van der Waals surface area contributed by atoms with Gasteiger partial charge < -0.3 is 5.32 Å². The molecule has 1 heterocycles. The van der Waals surface area contributed by atoms with Crippen molar-refractivity contribution in [1.82, 2.24) is 5.32 Å². The van der Waals surface area contributed by atoms with Gasteiger partial charge in [-0.15, -0.1) is 0 Å². The van der Waals surface area contributed by atoms with Crippen molar-refractivity contribution < 1.29 is 4.79 Å². The Bertz CT molecular complexity index is 484. The van der Waals surface area contributed by atoms with E-state index in [9.17, 15) is 4.79 Å². The molecule has 0 aromatic heterocycles. The lowest BCUT2D eigenvalue weighted by Crippen LogP contribution is -2.12. The van der Waals surface area contributed by atoms with E-state index in [1.807, 2.05) is 38.2 Å². The Morgan fingerprint density at radius 3 is 2.82 bits per heavy atom. The van der Waals surface area contributed by atoms with Crippen LogP contribution in [0, 0.1) is 0 Å². The van der Waals surface area contributed by atoms with E-state index in [-0.39, 0.29) is 11.0 Å². The standard InChI is InChI=1S/C13H14ClNOS/c1-3-10-12(16)11(13(15-2)17-10)8-5-4-6-9(14)7-8/h4-7,10,15H,3H2,1-2H3. The van der Waals surface area contributed by atoms with Crippen molar-refractivity contribution in [2.24, 2.45) is 0 Å².